The van der Waals surface area contributed by atoms with Crippen LogP contribution in [0.25, 0.3) is 110 Å². The van der Waals surface area contributed by atoms with Gasteiger partial charge in [-0.3, -0.25) is 9.13 Å². The first-order valence-electron chi connectivity index (χ1n) is 20.0. The Morgan fingerprint density at radius 2 is 1.03 bits per heavy atom. The Kier molecular flexibility index (Phi) is 7.34. The predicted octanol–water partition coefficient (Wildman–Crippen LogP) is 14.4. The molecule has 0 aliphatic carbocycles. The summed E-state index contributed by atoms with van der Waals surface area (Å²) in [5, 5.41) is 6.34. The molecule has 0 spiro atoms. The summed E-state index contributed by atoms with van der Waals surface area (Å²) in [5.74, 6) is 1.96. The fourth-order valence-corrected chi connectivity index (χ4v) is 11.4. The van der Waals surface area contributed by atoms with E-state index in [2.05, 4.69) is 179 Å². The average Bonchev–Trinajstić information content (AvgIpc) is 3.98. The smallest absolute Gasteiger partial charge is 0.164 e. The third-order valence-electron chi connectivity index (χ3n) is 11.8. The van der Waals surface area contributed by atoms with Gasteiger partial charge in [0.15, 0.2) is 17.5 Å². The molecule has 12 aromatic rings. The van der Waals surface area contributed by atoms with Crippen molar-refractivity contribution in [2.45, 2.75) is 9.79 Å². The predicted molar refractivity (Wildman–Crippen MR) is 250 cm³/mol. The topological polar surface area (TPSA) is 48.5 Å². The molecule has 0 atom stereocenters. The van der Waals surface area contributed by atoms with Crippen LogP contribution in [0.3, 0.4) is 0 Å². The van der Waals surface area contributed by atoms with E-state index in [9.17, 15) is 0 Å². The fraction of sp³-hybridized carbons (Fsp3) is 0. The molecule has 0 amide bonds. The van der Waals surface area contributed by atoms with Crippen molar-refractivity contribution in [3.05, 3.63) is 188 Å². The molecule has 7 heteroatoms. The van der Waals surface area contributed by atoms with E-state index in [1.165, 1.54) is 74.1 Å². The Bertz CT molecular complexity index is 3680. The number of hydrogen-bond donors (Lipinski definition) is 0. The molecule has 0 saturated heterocycles. The lowest BCUT2D eigenvalue weighted by Crippen LogP contribution is -2.06. The van der Waals surface area contributed by atoms with Gasteiger partial charge in [-0.25, -0.2) is 15.0 Å². The first-order chi connectivity index (χ1) is 29.7. The molecule has 60 heavy (non-hydrogen) atoms. The lowest BCUT2D eigenvalue weighted by Gasteiger charge is -2.23. The number of hydrogen-bond acceptors (Lipinski definition) is 5. The summed E-state index contributed by atoms with van der Waals surface area (Å²) in [4.78, 5) is 17.7. The van der Waals surface area contributed by atoms with Gasteiger partial charge in [-0.2, -0.15) is 0 Å². The molecule has 0 N–H and O–H groups in total. The fourth-order valence-electron chi connectivity index (χ4n) is 9.08. The van der Waals surface area contributed by atoms with Crippen molar-refractivity contribution in [1.82, 2.24) is 24.1 Å². The van der Waals surface area contributed by atoms with Gasteiger partial charge in [-0.1, -0.05) is 157 Å². The van der Waals surface area contributed by atoms with E-state index in [0.717, 1.165) is 27.9 Å². The molecule has 280 valence electrons. The molecular formula is C53H31N5S2. The Hall–Kier alpha value is -7.32. The highest BCUT2D eigenvalue weighted by Crippen LogP contribution is 2.52. The van der Waals surface area contributed by atoms with Gasteiger partial charge in [0.2, 0.25) is 0 Å². The van der Waals surface area contributed by atoms with E-state index in [1.54, 1.807) is 11.3 Å². The second-order valence-corrected chi connectivity index (χ2v) is 17.3. The lowest BCUT2D eigenvalue weighted by molar-refractivity contribution is 1.03. The van der Waals surface area contributed by atoms with Crippen molar-refractivity contribution in [1.29, 1.82) is 0 Å². The molecule has 8 aromatic carbocycles. The quantitative estimate of drug-likeness (QED) is 0.174. The highest BCUT2D eigenvalue weighted by atomic mass is 32.2. The second-order valence-electron chi connectivity index (χ2n) is 15.2. The van der Waals surface area contributed by atoms with Crippen LogP contribution in [-0.4, -0.2) is 24.1 Å². The van der Waals surface area contributed by atoms with Gasteiger partial charge in [-0.15, -0.1) is 11.3 Å². The normalized spacial score (nSPS) is 12.3. The summed E-state index contributed by atoms with van der Waals surface area (Å²) < 4.78 is 7.43. The number of thiophene rings is 1. The lowest BCUT2D eigenvalue weighted by atomic mass is 10.0. The largest absolute Gasteiger partial charge is 0.295 e. The van der Waals surface area contributed by atoms with E-state index in [0.29, 0.717) is 17.5 Å². The van der Waals surface area contributed by atoms with Crippen molar-refractivity contribution in [2.75, 3.05) is 0 Å². The molecule has 1 aliphatic heterocycles. The molecule has 0 saturated carbocycles. The molecule has 13 rings (SSSR count). The van der Waals surface area contributed by atoms with E-state index >= 15 is 0 Å². The summed E-state index contributed by atoms with van der Waals surface area (Å²) in [5.41, 5.74) is 11.2. The van der Waals surface area contributed by atoms with Gasteiger partial charge in [0.25, 0.3) is 0 Å². The third-order valence-corrected chi connectivity index (χ3v) is 14.1. The third kappa shape index (κ3) is 5.03. The maximum Gasteiger partial charge on any atom is 0.164 e. The number of aromatic nitrogens is 5. The number of benzene rings is 8. The second kappa shape index (κ2) is 13.1. The summed E-state index contributed by atoms with van der Waals surface area (Å²) in [6, 6.07) is 67.1. The highest BCUT2D eigenvalue weighted by molar-refractivity contribution is 8.00. The first-order valence-corrected chi connectivity index (χ1v) is 21.7. The first kappa shape index (κ1) is 33.6. The van der Waals surface area contributed by atoms with Gasteiger partial charge in [-0.05, 0) is 53.6 Å². The molecule has 0 unspecified atom stereocenters. The minimum absolute atomic E-state index is 0.645. The molecule has 1 aliphatic rings. The standard InChI is InChI=1S/C53H31N5S2/c1-3-13-33(14-4-1)50-54-51(56-52(55-50)35-29-30-39-38-17-8-10-23-44(38)59-46(39)31-35)34-27-25-32(26-28-34)37-19-11-22-43-49(37)60-45-24-12-20-41-47-40-18-7-9-21-42(40)57(36-15-5-2-6-16-36)53(47)58(43)48(41)45/h1-31H. The Labute approximate surface area is 352 Å². The number of para-hydroxylation sites is 3. The number of nitrogens with zero attached hydrogens (tertiary/aromatic N) is 5. The number of fused-ring (bicyclic) bond motifs is 10. The van der Waals surface area contributed by atoms with E-state index in [1.807, 2.05) is 30.0 Å². The Morgan fingerprint density at radius 1 is 0.417 bits per heavy atom. The highest BCUT2D eigenvalue weighted by Gasteiger charge is 2.29. The van der Waals surface area contributed by atoms with Crippen LogP contribution in [-0.2, 0) is 0 Å². The van der Waals surface area contributed by atoms with Crippen LogP contribution >= 0.6 is 23.1 Å². The van der Waals surface area contributed by atoms with Crippen LogP contribution in [0.2, 0.25) is 0 Å². The van der Waals surface area contributed by atoms with E-state index in [4.69, 9.17) is 15.0 Å². The molecule has 0 fully saturated rings. The summed E-state index contributed by atoms with van der Waals surface area (Å²) in [6.07, 6.45) is 0. The maximum atomic E-state index is 5.13. The van der Waals surface area contributed by atoms with Crippen LogP contribution in [0.5, 0.6) is 0 Å². The maximum absolute atomic E-state index is 5.13. The Balaban J connectivity index is 0.951. The van der Waals surface area contributed by atoms with Crippen LogP contribution in [0, 0.1) is 0 Å². The van der Waals surface area contributed by atoms with E-state index in [-0.39, 0.29) is 0 Å². The molecule has 0 radical (unpaired) electrons. The molecule has 5 nitrogen and oxygen atoms in total. The average molecular weight is 802 g/mol. The van der Waals surface area contributed by atoms with Gasteiger partial charge >= 0.3 is 0 Å². The molecule has 5 heterocycles. The monoisotopic (exact) mass is 801 g/mol. The van der Waals surface area contributed by atoms with Crippen molar-refractivity contribution >= 4 is 76.1 Å². The minimum atomic E-state index is 0.645. The van der Waals surface area contributed by atoms with Crippen molar-refractivity contribution in [3.63, 3.8) is 0 Å². The van der Waals surface area contributed by atoms with Gasteiger partial charge in [0.1, 0.15) is 5.65 Å². The summed E-state index contributed by atoms with van der Waals surface area (Å²) in [7, 11) is 0. The zero-order valence-corrected chi connectivity index (χ0v) is 33.6. The minimum Gasteiger partial charge on any atom is -0.295 e. The summed E-state index contributed by atoms with van der Waals surface area (Å²) >= 11 is 3.66. The molecular weight excluding hydrogens is 771 g/mol. The zero-order chi connectivity index (χ0) is 39.3. The van der Waals surface area contributed by atoms with Crippen molar-refractivity contribution < 1.29 is 0 Å². The van der Waals surface area contributed by atoms with E-state index < -0.39 is 0 Å². The zero-order valence-electron chi connectivity index (χ0n) is 32.0. The Morgan fingerprint density at radius 3 is 1.85 bits per heavy atom. The van der Waals surface area contributed by atoms with Gasteiger partial charge < -0.3 is 0 Å². The summed E-state index contributed by atoms with van der Waals surface area (Å²) in [6.45, 7) is 0. The molecule has 4 aromatic heterocycles. The van der Waals surface area contributed by atoms with Crippen molar-refractivity contribution in [3.8, 4) is 56.7 Å². The van der Waals surface area contributed by atoms with Gasteiger partial charge in [0, 0.05) is 68.5 Å². The molecule has 0 bridgehead atoms. The van der Waals surface area contributed by atoms with Crippen LogP contribution in [0.1, 0.15) is 0 Å². The number of rotatable bonds is 5. The van der Waals surface area contributed by atoms with Crippen molar-refractivity contribution in [2.24, 2.45) is 0 Å². The van der Waals surface area contributed by atoms with Crippen LogP contribution in [0.4, 0.5) is 0 Å². The SMILES string of the molecule is c1ccc(-c2nc(-c3ccc(-c4cccc5c4Sc4cccc6c7c8ccccc8n(-c8ccccc8)c7n-5c46)cc3)nc(-c3ccc4c(c3)sc3ccccc34)n2)cc1. The van der Waals surface area contributed by atoms with Gasteiger partial charge in [0.05, 0.1) is 16.7 Å². The van der Waals surface area contributed by atoms with Crippen LogP contribution in [0.15, 0.2) is 198 Å². The van der Waals surface area contributed by atoms with Crippen LogP contribution < -0.4 is 0 Å².